The molecule has 7 nitrogen and oxygen atoms in total. The highest BCUT2D eigenvalue weighted by atomic mass is 35.5. The average molecular weight is 636 g/mol. The van der Waals surface area contributed by atoms with Crippen LogP contribution in [0.5, 0.6) is 0 Å². The lowest BCUT2D eigenvalue weighted by Gasteiger charge is -2.42. The van der Waals surface area contributed by atoms with Crippen molar-refractivity contribution in [2.75, 3.05) is 19.6 Å². The maximum Gasteiger partial charge on any atom is 0.246 e. The van der Waals surface area contributed by atoms with Gasteiger partial charge in [-0.3, -0.25) is 14.4 Å². The zero-order valence-electron chi connectivity index (χ0n) is 25.1. The Morgan fingerprint density at radius 3 is 2.27 bits per heavy atom. The largest absolute Gasteiger partial charge is 0.343 e. The molecule has 9 heteroatoms. The lowest BCUT2D eigenvalue weighted by molar-refractivity contribution is -0.153. The highest BCUT2D eigenvalue weighted by molar-refractivity contribution is 6.30. The lowest BCUT2D eigenvalue weighted by atomic mass is 9.95. The van der Waals surface area contributed by atoms with Gasteiger partial charge < -0.3 is 20.4 Å². The molecule has 3 unspecified atom stereocenters. The number of carbonyl (C=O) groups excluding carboxylic acids is 3. The van der Waals surface area contributed by atoms with Crippen LogP contribution in [-0.4, -0.2) is 65.3 Å². The van der Waals surface area contributed by atoms with Crippen LogP contribution < -0.4 is 10.6 Å². The first-order valence-electron chi connectivity index (χ1n) is 15.5. The van der Waals surface area contributed by atoms with Gasteiger partial charge in [0, 0.05) is 42.6 Å². The van der Waals surface area contributed by atoms with Crippen molar-refractivity contribution in [3.05, 3.63) is 105 Å². The molecule has 0 aromatic heterocycles. The summed E-state index contributed by atoms with van der Waals surface area (Å²) >= 11 is 12.1. The highest BCUT2D eigenvalue weighted by Gasteiger charge is 2.40. The summed E-state index contributed by atoms with van der Waals surface area (Å²) in [6.07, 6.45) is 3.86. The van der Waals surface area contributed by atoms with Gasteiger partial charge in [0.2, 0.25) is 17.7 Å². The number of nitrogens with one attached hydrogen (secondary N) is 2. The van der Waals surface area contributed by atoms with E-state index < -0.39 is 18.1 Å². The van der Waals surface area contributed by atoms with Crippen molar-refractivity contribution >= 4 is 40.9 Å². The maximum atomic E-state index is 14.2. The first-order valence-corrected chi connectivity index (χ1v) is 16.3. The molecule has 3 aromatic rings. The molecule has 0 radical (unpaired) electrons. The maximum absolute atomic E-state index is 14.2. The number of carbonyl (C=O) groups is 3. The SMILES string of the molecule is CCCC1C(=O)N(CCCc2ccc(Cl)cc2)CCN1C(=O)C(Cc1ccc(Cl)cc1)NC(=O)C1Cc2ccccc2CN1. The number of amides is 3. The van der Waals surface area contributed by atoms with Gasteiger partial charge in [-0.25, -0.2) is 0 Å². The third kappa shape index (κ3) is 8.00. The molecule has 1 fully saturated rings. The minimum Gasteiger partial charge on any atom is -0.343 e. The normalized spacial score (nSPS) is 18.9. The average Bonchev–Trinajstić information content (AvgIpc) is 3.04. The van der Waals surface area contributed by atoms with Gasteiger partial charge in [-0.1, -0.05) is 85.1 Å². The van der Waals surface area contributed by atoms with Crippen molar-refractivity contribution < 1.29 is 14.4 Å². The minimum absolute atomic E-state index is 0.0234. The Morgan fingerprint density at radius 2 is 1.59 bits per heavy atom. The van der Waals surface area contributed by atoms with Crippen LogP contribution in [0.1, 0.15) is 48.4 Å². The van der Waals surface area contributed by atoms with Gasteiger partial charge in [-0.15, -0.1) is 0 Å². The van der Waals surface area contributed by atoms with E-state index in [4.69, 9.17) is 23.2 Å². The topological polar surface area (TPSA) is 81.8 Å². The molecule has 3 amide bonds. The molecule has 232 valence electrons. The quantitative estimate of drug-likeness (QED) is 0.304. The fraction of sp³-hybridized carbons (Fsp3) is 0.400. The fourth-order valence-electron chi connectivity index (χ4n) is 6.17. The highest BCUT2D eigenvalue weighted by Crippen LogP contribution is 2.21. The Hall–Kier alpha value is -3.39. The van der Waals surface area contributed by atoms with Crippen molar-refractivity contribution in [2.24, 2.45) is 0 Å². The summed E-state index contributed by atoms with van der Waals surface area (Å²) in [6.45, 7) is 4.14. The summed E-state index contributed by atoms with van der Waals surface area (Å²) in [5.41, 5.74) is 4.37. The Balaban J connectivity index is 1.28. The first kappa shape index (κ1) is 32.0. The van der Waals surface area contributed by atoms with Gasteiger partial charge in [0.15, 0.2) is 0 Å². The number of nitrogens with zero attached hydrogens (tertiary/aromatic N) is 2. The van der Waals surface area contributed by atoms with Crippen LogP contribution in [0.4, 0.5) is 0 Å². The minimum atomic E-state index is -0.814. The molecule has 2 N–H and O–H groups in total. The summed E-state index contributed by atoms with van der Waals surface area (Å²) in [5.74, 6) is -0.465. The van der Waals surface area contributed by atoms with Crippen LogP contribution in [0.15, 0.2) is 72.8 Å². The van der Waals surface area contributed by atoms with Crippen molar-refractivity contribution in [2.45, 2.75) is 70.1 Å². The van der Waals surface area contributed by atoms with Gasteiger partial charge >= 0.3 is 0 Å². The summed E-state index contributed by atoms with van der Waals surface area (Å²) in [7, 11) is 0. The van der Waals surface area contributed by atoms with Crippen LogP contribution >= 0.6 is 23.2 Å². The molecule has 2 aliphatic rings. The Bertz CT molecular complexity index is 1450. The van der Waals surface area contributed by atoms with Crippen LogP contribution in [0.3, 0.4) is 0 Å². The van der Waals surface area contributed by atoms with E-state index in [-0.39, 0.29) is 17.7 Å². The Kier molecular flexibility index (Phi) is 11.0. The zero-order chi connectivity index (χ0) is 31.1. The van der Waals surface area contributed by atoms with Gasteiger partial charge in [0.05, 0.1) is 6.04 Å². The summed E-state index contributed by atoms with van der Waals surface area (Å²) in [5, 5.41) is 7.70. The van der Waals surface area contributed by atoms with Gasteiger partial charge in [-0.05, 0) is 72.2 Å². The number of hydrogen-bond acceptors (Lipinski definition) is 4. The predicted octanol–water partition coefficient (Wildman–Crippen LogP) is 5.21. The lowest BCUT2D eigenvalue weighted by Crippen LogP contribution is -2.63. The van der Waals surface area contributed by atoms with E-state index in [9.17, 15) is 14.4 Å². The second kappa shape index (κ2) is 15.1. The van der Waals surface area contributed by atoms with Crippen LogP contribution in [0, 0.1) is 0 Å². The molecule has 0 spiro atoms. The van der Waals surface area contributed by atoms with Crippen molar-refractivity contribution in [3.8, 4) is 0 Å². The number of aryl methyl sites for hydroxylation is 1. The van der Waals surface area contributed by atoms with Crippen molar-refractivity contribution in [1.29, 1.82) is 0 Å². The monoisotopic (exact) mass is 634 g/mol. The van der Waals surface area contributed by atoms with E-state index in [1.165, 1.54) is 11.1 Å². The van der Waals surface area contributed by atoms with E-state index in [1.54, 1.807) is 17.0 Å². The molecule has 44 heavy (non-hydrogen) atoms. The smallest absolute Gasteiger partial charge is 0.246 e. The molecule has 2 aliphatic heterocycles. The number of benzene rings is 3. The van der Waals surface area contributed by atoms with Crippen molar-refractivity contribution in [3.63, 3.8) is 0 Å². The molecule has 0 bridgehead atoms. The van der Waals surface area contributed by atoms with Gasteiger partial charge in [0.25, 0.3) is 0 Å². The zero-order valence-corrected chi connectivity index (χ0v) is 26.6. The third-order valence-electron chi connectivity index (χ3n) is 8.60. The van der Waals surface area contributed by atoms with Gasteiger partial charge in [-0.2, -0.15) is 0 Å². The molecular weight excluding hydrogens is 595 g/mol. The van der Waals surface area contributed by atoms with Crippen LogP contribution in [0.2, 0.25) is 10.0 Å². The van der Waals surface area contributed by atoms with E-state index in [0.717, 1.165) is 30.4 Å². The number of hydrogen-bond donors (Lipinski definition) is 2. The molecule has 2 heterocycles. The van der Waals surface area contributed by atoms with Crippen molar-refractivity contribution in [1.82, 2.24) is 20.4 Å². The number of fused-ring (bicyclic) bond motifs is 1. The predicted molar refractivity (Wildman–Crippen MR) is 175 cm³/mol. The number of piperazine rings is 1. The molecule has 3 aromatic carbocycles. The van der Waals surface area contributed by atoms with E-state index in [2.05, 4.69) is 16.7 Å². The standard InChI is InChI=1S/C35H40Cl2N4O3/c1-2-6-32-35(44)40(18-5-7-24-10-14-28(36)15-11-24)19-20-41(32)34(43)31(21-25-12-16-29(37)17-13-25)39-33(42)30-22-26-8-3-4-9-27(26)23-38-30/h3-4,8-17,30-32,38H,2,5-7,18-23H2,1H3,(H,39,42). The Labute approximate surface area is 269 Å². The van der Waals surface area contributed by atoms with E-state index in [0.29, 0.717) is 55.5 Å². The summed E-state index contributed by atoms with van der Waals surface area (Å²) in [6, 6.07) is 21.4. The van der Waals surface area contributed by atoms with E-state index in [1.807, 2.05) is 66.4 Å². The van der Waals surface area contributed by atoms with Gasteiger partial charge in [0.1, 0.15) is 12.1 Å². The fourth-order valence-corrected chi connectivity index (χ4v) is 6.42. The number of halogens is 2. The summed E-state index contributed by atoms with van der Waals surface area (Å²) in [4.78, 5) is 45.1. The molecule has 5 rings (SSSR count). The Morgan fingerprint density at radius 1 is 0.932 bits per heavy atom. The first-order chi connectivity index (χ1) is 21.3. The molecule has 0 saturated carbocycles. The van der Waals surface area contributed by atoms with Crippen LogP contribution in [-0.2, 0) is 40.2 Å². The molecule has 3 atom stereocenters. The molecular formula is C35H40Cl2N4O3. The number of rotatable bonds is 11. The second-order valence-electron chi connectivity index (χ2n) is 11.7. The second-order valence-corrected chi connectivity index (χ2v) is 12.6. The summed E-state index contributed by atoms with van der Waals surface area (Å²) < 4.78 is 0. The molecule has 1 saturated heterocycles. The van der Waals surface area contributed by atoms with E-state index >= 15 is 0 Å². The van der Waals surface area contributed by atoms with Crippen LogP contribution in [0.25, 0.3) is 0 Å². The molecule has 0 aliphatic carbocycles. The third-order valence-corrected chi connectivity index (χ3v) is 9.11.